The van der Waals surface area contributed by atoms with Gasteiger partial charge in [0.1, 0.15) is 12.6 Å². The number of nitrogens with zero attached hydrogens (tertiary/aromatic N) is 1. The molecule has 0 saturated heterocycles. The number of amides is 6. The normalized spacial score (nSPS) is 13.2. The monoisotopic (exact) mass is 487 g/mol. The van der Waals surface area contributed by atoms with Gasteiger partial charge in [0, 0.05) is 37.7 Å². The van der Waals surface area contributed by atoms with Crippen LogP contribution in [-0.4, -0.2) is 65.4 Å². The fourth-order valence-corrected chi connectivity index (χ4v) is 2.91. The molecule has 35 heavy (non-hydrogen) atoms. The van der Waals surface area contributed by atoms with Crippen LogP contribution in [0.2, 0.25) is 0 Å². The van der Waals surface area contributed by atoms with E-state index in [-0.39, 0.29) is 19.6 Å². The Hall–Kier alpha value is -4.55. The van der Waals surface area contributed by atoms with Crippen molar-refractivity contribution >= 4 is 47.1 Å². The molecule has 5 N–H and O–H groups in total. The van der Waals surface area contributed by atoms with Crippen LogP contribution in [0.1, 0.15) is 25.3 Å². The number of benzene rings is 1. The molecule has 1 aliphatic rings. The van der Waals surface area contributed by atoms with E-state index in [1.54, 1.807) is 24.3 Å². The maximum Gasteiger partial charge on any atom is 0.302 e. The number of imide groups is 1. The van der Waals surface area contributed by atoms with Gasteiger partial charge in [-0.1, -0.05) is 12.1 Å². The van der Waals surface area contributed by atoms with Crippen molar-refractivity contribution in [2.75, 3.05) is 18.4 Å². The van der Waals surface area contributed by atoms with E-state index in [2.05, 4.69) is 16.0 Å². The highest BCUT2D eigenvalue weighted by Crippen LogP contribution is 2.10. The lowest BCUT2D eigenvalue weighted by Gasteiger charge is -2.18. The zero-order valence-electron chi connectivity index (χ0n) is 18.9. The minimum Gasteiger partial charge on any atom is -0.461 e. The molecule has 0 aliphatic carbocycles. The molecular weight excluding hydrogens is 462 g/mol. The lowest BCUT2D eigenvalue weighted by Crippen LogP contribution is -2.50. The molecule has 0 fully saturated rings. The summed E-state index contributed by atoms with van der Waals surface area (Å²) in [7, 11) is 0. The molecule has 0 aromatic heterocycles. The molecule has 1 aromatic carbocycles. The molecule has 13 nitrogen and oxygen atoms in total. The average Bonchev–Trinajstić information content (AvgIpc) is 3.11. The fraction of sp³-hybridized carbons (Fsp3) is 0.318. The number of rotatable bonds is 12. The number of anilines is 1. The summed E-state index contributed by atoms with van der Waals surface area (Å²) >= 11 is 0. The Labute approximate surface area is 200 Å². The number of nitrogens with one attached hydrogen (secondary N) is 3. The van der Waals surface area contributed by atoms with Gasteiger partial charge >= 0.3 is 5.97 Å². The van der Waals surface area contributed by atoms with Crippen LogP contribution in [0.5, 0.6) is 0 Å². The number of esters is 1. The highest BCUT2D eigenvalue weighted by Gasteiger charge is 2.26. The first kappa shape index (κ1) is 26.7. The van der Waals surface area contributed by atoms with Gasteiger partial charge in [-0.3, -0.25) is 38.5 Å². The molecule has 186 valence electrons. The minimum atomic E-state index is -1.35. The molecular formula is C22H25N5O8. The van der Waals surface area contributed by atoms with Crippen molar-refractivity contribution in [3.8, 4) is 0 Å². The molecule has 1 heterocycles. The van der Waals surface area contributed by atoms with Gasteiger partial charge < -0.3 is 26.4 Å². The molecule has 1 aliphatic heterocycles. The molecule has 0 bridgehead atoms. The van der Waals surface area contributed by atoms with E-state index < -0.39 is 60.4 Å². The summed E-state index contributed by atoms with van der Waals surface area (Å²) in [6, 6.07) is 5.11. The molecule has 0 unspecified atom stereocenters. The Morgan fingerprint density at radius 1 is 1.00 bits per heavy atom. The Morgan fingerprint density at radius 3 is 2.20 bits per heavy atom. The number of carbonyl (C=O) groups is 7. The van der Waals surface area contributed by atoms with Crippen molar-refractivity contribution in [3.63, 3.8) is 0 Å². The average molecular weight is 487 g/mol. The van der Waals surface area contributed by atoms with Crippen LogP contribution in [0.4, 0.5) is 5.69 Å². The predicted octanol–water partition coefficient (Wildman–Crippen LogP) is -1.52. The van der Waals surface area contributed by atoms with E-state index in [9.17, 15) is 33.6 Å². The van der Waals surface area contributed by atoms with E-state index in [1.165, 1.54) is 6.92 Å². The molecule has 0 spiro atoms. The van der Waals surface area contributed by atoms with Crippen LogP contribution in [-0.2, 0) is 44.9 Å². The summed E-state index contributed by atoms with van der Waals surface area (Å²) in [4.78, 5) is 82.8. The zero-order chi connectivity index (χ0) is 26.0. The van der Waals surface area contributed by atoms with E-state index in [0.717, 1.165) is 17.1 Å². The standard InChI is InChI=1S/C22H25N5O8/c1-13(28)35-12-14-2-4-15(5-3-14)25-19(31)11-24-22(34)16(10-17(23)29)26-18(30)8-9-27-20(32)6-7-21(27)33/h2-7,16H,8-12H2,1H3,(H2,23,29)(H,24,34)(H,25,31)(H,26,30)/t16-/m0/s1. The first-order valence-corrected chi connectivity index (χ1v) is 10.5. The maximum absolute atomic E-state index is 12.4. The van der Waals surface area contributed by atoms with Crippen LogP contribution in [0, 0.1) is 0 Å². The Morgan fingerprint density at radius 2 is 1.63 bits per heavy atom. The van der Waals surface area contributed by atoms with Gasteiger partial charge in [-0.05, 0) is 17.7 Å². The number of ether oxygens (including phenoxy) is 1. The lowest BCUT2D eigenvalue weighted by atomic mass is 10.1. The Balaban J connectivity index is 1.82. The van der Waals surface area contributed by atoms with Crippen molar-refractivity contribution in [1.82, 2.24) is 15.5 Å². The van der Waals surface area contributed by atoms with Crippen LogP contribution < -0.4 is 21.7 Å². The number of hydrogen-bond donors (Lipinski definition) is 4. The van der Waals surface area contributed by atoms with Gasteiger partial charge in [-0.15, -0.1) is 0 Å². The molecule has 2 rings (SSSR count). The fourth-order valence-electron chi connectivity index (χ4n) is 2.91. The molecule has 1 aromatic rings. The number of nitrogens with two attached hydrogens (primary N) is 1. The first-order chi connectivity index (χ1) is 16.5. The summed E-state index contributed by atoms with van der Waals surface area (Å²) in [5.41, 5.74) is 6.29. The second-order valence-electron chi connectivity index (χ2n) is 7.45. The molecule has 1 atom stereocenters. The van der Waals surface area contributed by atoms with Crippen molar-refractivity contribution in [2.24, 2.45) is 5.73 Å². The van der Waals surface area contributed by atoms with Crippen LogP contribution in [0.3, 0.4) is 0 Å². The third kappa shape index (κ3) is 9.07. The largest absolute Gasteiger partial charge is 0.461 e. The summed E-state index contributed by atoms with van der Waals surface area (Å²) < 4.78 is 4.87. The van der Waals surface area contributed by atoms with Crippen molar-refractivity contribution in [2.45, 2.75) is 32.4 Å². The predicted molar refractivity (Wildman–Crippen MR) is 120 cm³/mol. The smallest absolute Gasteiger partial charge is 0.302 e. The van der Waals surface area contributed by atoms with E-state index >= 15 is 0 Å². The highest BCUT2D eigenvalue weighted by atomic mass is 16.5. The Bertz CT molecular complexity index is 1030. The topological polar surface area (TPSA) is 194 Å². The van der Waals surface area contributed by atoms with Gasteiger partial charge in [-0.2, -0.15) is 0 Å². The summed E-state index contributed by atoms with van der Waals surface area (Å²) in [6.07, 6.45) is 1.33. The quantitative estimate of drug-likeness (QED) is 0.201. The second kappa shape index (κ2) is 12.6. The van der Waals surface area contributed by atoms with Gasteiger partial charge in [-0.25, -0.2) is 0 Å². The van der Waals surface area contributed by atoms with Crippen LogP contribution >= 0.6 is 0 Å². The van der Waals surface area contributed by atoms with Crippen LogP contribution in [0.15, 0.2) is 36.4 Å². The molecule has 0 radical (unpaired) electrons. The van der Waals surface area contributed by atoms with Gasteiger partial charge in [0.05, 0.1) is 13.0 Å². The number of primary amides is 1. The molecule has 13 heteroatoms. The number of carbonyl (C=O) groups excluding carboxylic acids is 7. The molecule has 0 saturated carbocycles. The SMILES string of the molecule is CC(=O)OCc1ccc(NC(=O)CNC(=O)[C@H](CC(N)=O)NC(=O)CCN2C(=O)C=CC2=O)cc1. The number of hydrogen-bond acceptors (Lipinski definition) is 8. The third-order valence-corrected chi connectivity index (χ3v) is 4.62. The van der Waals surface area contributed by atoms with E-state index in [4.69, 9.17) is 10.5 Å². The lowest BCUT2D eigenvalue weighted by molar-refractivity contribution is -0.142. The minimum absolute atomic E-state index is 0.0914. The Kier molecular flexibility index (Phi) is 9.63. The van der Waals surface area contributed by atoms with Gasteiger partial charge in [0.2, 0.25) is 23.6 Å². The summed E-state index contributed by atoms with van der Waals surface area (Å²) in [5.74, 6) is -4.49. The summed E-state index contributed by atoms with van der Waals surface area (Å²) in [5, 5.41) is 7.18. The van der Waals surface area contributed by atoms with E-state index in [0.29, 0.717) is 11.3 Å². The summed E-state index contributed by atoms with van der Waals surface area (Å²) in [6.45, 7) is 0.720. The van der Waals surface area contributed by atoms with Gasteiger partial charge in [0.15, 0.2) is 0 Å². The zero-order valence-corrected chi connectivity index (χ0v) is 18.9. The first-order valence-electron chi connectivity index (χ1n) is 10.5. The molecule has 6 amide bonds. The van der Waals surface area contributed by atoms with Crippen LogP contribution in [0.25, 0.3) is 0 Å². The van der Waals surface area contributed by atoms with Crippen molar-refractivity contribution in [3.05, 3.63) is 42.0 Å². The van der Waals surface area contributed by atoms with Gasteiger partial charge in [0.25, 0.3) is 11.8 Å². The maximum atomic E-state index is 12.4. The van der Waals surface area contributed by atoms with Crippen molar-refractivity contribution < 1.29 is 38.3 Å². The van der Waals surface area contributed by atoms with E-state index in [1.807, 2.05) is 0 Å². The highest BCUT2D eigenvalue weighted by molar-refractivity contribution is 6.13. The third-order valence-electron chi connectivity index (χ3n) is 4.62. The van der Waals surface area contributed by atoms with Crippen molar-refractivity contribution in [1.29, 1.82) is 0 Å². The second-order valence-corrected chi connectivity index (χ2v) is 7.45.